The van der Waals surface area contributed by atoms with E-state index in [0.29, 0.717) is 6.04 Å². The molecule has 0 bridgehead atoms. The lowest BCUT2D eigenvalue weighted by atomic mass is 10.0. The number of aliphatic hydroxyl groups excluding tert-OH is 1. The Balaban J connectivity index is 1.68. The van der Waals surface area contributed by atoms with Gasteiger partial charge in [0.2, 0.25) is 0 Å². The van der Waals surface area contributed by atoms with Gasteiger partial charge in [0.15, 0.2) is 0 Å². The highest BCUT2D eigenvalue weighted by atomic mass is 16.3. The number of piperazine rings is 1. The molecular formula is C10H21N3O. The van der Waals surface area contributed by atoms with Gasteiger partial charge in [-0.1, -0.05) is 0 Å². The van der Waals surface area contributed by atoms with Crippen LogP contribution in [0, 0.1) is 0 Å². The number of likely N-dealkylation sites (N-methyl/N-ethyl adjacent to an activating group) is 1. The number of nitrogens with one attached hydrogen (secondary N) is 1. The molecule has 2 atom stereocenters. The molecule has 14 heavy (non-hydrogen) atoms. The molecule has 0 aromatic carbocycles. The predicted molar refractivity (Wildman–Crippen MR) is 56.4 cm³/mol. The largest absolute Gasteiger partial charge is 0.390 e. The van der Waals surface area contributed by atoms with Crippen LogP contribution in [0.1, 0.15) is 6.42 Å². The maximum Gasteiger partial charge on any atom is 0.0820 e. The minimum absolute atomic E-state index is 0.174. The molecule has 0 aromatic rings. The second-order valence-corrected chi connectivity index (χ2v) is 4.52. The summed E-state index contributed by atoms with van der Waals surface area (Å²) in [7, 11) is 2.15. The van der Waals surface area contributed by atoms with E-state index in [1.165, 1.54) is 0 Å². The third-order valence-electron chi connectivity index (χ3n) is 3.37. The first-order chi connectivity index (χ1) is 6.75. The van der Waals surface area contributed by atoms with Gasteiger partial charge >= 0.3 is 0 Å². The first-order valence-corrected chi connectivity index (χ1v) is 5.58. The molecule has 2 N–H and O–H groups in total. The summed E-state index contributed by atoms with van der Waals surface area (Å²) >= 11 is 0. The molecule has 2 heterocycles. The normalized spacial score (nSPS) is 32.6. The molecule has 4 heteroatoms. The van der Waals surface area contributed by atoms with Crippen molar-refractivity contribution in [1.29, 1.82) is 0 Å². The molecule has 82 valence electrons. The summed E-state index contributed by atoms with van der Waals surface area (Å²) in [5, 5.41) is 13.1. The molecule has 2 aliphatic heterocycles. The monoisotopic (exact) mass is 199 g/mol. The van der Waals surface area contributed by atoms with Gasteiger partial charge in [-0.3, -0.25) is 4.90 Å². The molecule has 4 nitrogen and oxygen atoms in total. The van der Waals surface area contributed by atoms with Gasteiger partial charge in [-0.05, 0) is 20.0 Å². The summed E-state index contributed by atoms with van der Waals surface area (Å²) < 4.78 is 0. The summed E-state index contributed by atoms with van der Waals surface area (Å²) in [6.07, 6.45) is 0.960. The van der Waals surface area contributed by atoms with Crippen LogP contribution in [0.25, 0.3) is 0 Å². The number of nitrogens with zero attached hydrogens (tertiary/aromatic N) is 2. The zero-order chi connectivity index (χ0) is 9.97. The summed E-state index contributed by atoms with van der Waals surface area (Å²) in [5.41, 5.74) is 0. The van der Waals surface area contributed by atoms with E-state index in [0.717, 1.165) is 45.7 Å². The Morgan fingerprint density at radius 1 is 1.36 bits per heavy atom. The van der Waals surface area contributed by atoms with E-state index in [2.05, 4.69) is 22.2 Å². The Kier molecular flexibility index (Phi) is 3.38. The van der Waals surface area contributed by atoms with Crippen LogP contribution in [0.15, 0.2) is 0 Å². The van der Waals surface area contributed by atoms with Gasteiger partial charge in [0.1, 0.15) is 0 Å². The van der Waals surface area contributed by atoms with Crippen molar-refractivity contribution in [2.45, 2.75) is 18.6 Å². The van der Waals surface area contributed by atoms with Crippen molar-refractivity contribution in [1.82, 2.24) is 15.1 Å². The molecule has 0 radical (unpaired) electrons. The fourth-order valence-electron chi connectivity index (χ4n) is 2.06. The van der Waals surface area contributed by atoms with Crippen molar-refractivity contribution in [2.24, 2.45) is 0 Å². The minimum Gasteiger partial charge on any atom is -0.390 e. The molecule has 2 saturated heterocycles. The molecule has 0 saturated carbocycles. The third-order valence-corrected chi connectivity index (χ3v) is 3.37. The van der Waals surface area contributed by atoms with Gasteiger partial charge < -0.3 is 15.3 Å². The van der Waals surface area contributed by atoms with E-state index in [9.17, 15) is 5.11 Å². The lowest BCUT2D eigenvalue weighted by Gasteiger charge is -2.38. The first kappa shape index (κ1) is 10.4. The number of hydrogen-bond acceptors (Lipinski definition) is 4. The van der Waals surface area contributed by atoms with E-state index in [4.69, 9.17) is 0 Å². The third kappa shape index (κ3) is 2.45. The van der Waals surface area contributed by atoms with Crippen LogP contribution in [0.5, 0.6) is 0 Å². The van der Waals surface area contributed by atoms with Crippen molar-refractivity contribution in [3.8, 4) is 0 Å². The predicted octanol–water partition coefficient (Wildman–Crippen LogP) is -1.04. The fraction of sp³-hybridized carbons (Fsp3) is 1.00. The highest BCUT2D eigenvalue weighted by Crippen LogP contribution is 2.09. The van der Waals surface area contributed by atoms with Crippen LogP contribution in [0.3, 0.4) is 0 Å². The molecule has 2 fully saturated rings. The first-order valence-electron chi connectivity index (χ1n) is 5.58. The van der Waals surface area contributed by atoms with Crippen molar-refractivity contribution < 1.29 is 5.11 Å². The molecule has 2 rings (SSSR count). The Hall–Kier alpha value is -0.160. The Morgan fingerprint density at radius 3 is 2.50 bits per heavy atom. The maximum atomic E-state index is 9.87. The van der Waals surface area contributed by atoms with E-state index in [1.807, 2.05) is 0 Å². The summed E-state index contributed by atoms with van der Waals surface area (Å²) in [6, 6.07) is 0.356. The van der Waals surface area contributed by atoms with Crippen LogP contribution in [-0.2, 0) is 0 Å². The van der Waals surface area contributed by atoms with E-state index in [1.54, 1.807) is 0 Å². The number of β-amino-alcohol motifs (C(OH)–C–C–N with tert-alkyl or cyclic N) is 1. The topological polar surface area (TPSA) is 38.7 Å². The smallest absolute Gasteiger partial charge is 0.0820 e. The van der Waals surface area contributed by atoms with Crippen LogP contribution in [0.4, 0.5) is 0 Å². The highest BCUT2D eigenvalue weighted by Gasteiger charge is 2.27. The van der Waals surface area contributed by atoms with Crippen LogP contribution in [0.2, 0.25) is 0 Å². The molecule has 0 aliphatic carbocycles. The lowest BCUT2D eigenvalue weighted by Crippen LogP contribution is -2.56. The molecule has 0 spiro atoms. The molecule has 0 aromatic heterocycles. The van der Waals surface area contributed by atoms with Gasteiger partial charge in [0, 0.05) is 38.8 Å². The van der Waals surface area contributed by atoms with E-state index < -0.39 is 0 Å². The molecule has 2 unspecified atom stereocenters. The zero-order valence-electron chi connectivity index (χ0n) is 8.95. The number of aliphatic hydroxyl groups is 1. The Bertz CT molecular complexity index is 176. The van der Waals surface area contributed by atoms with Gasteiger partial charge in [0.25, 0.3) is 0 Å². The van der Waals surface area contributed by atoms with Gasteiger partial charge in [-0.15, -0.1) is 0 Å². The van der Waals surface area contributed by atoms with Gasteiger partial charge in [-0.25, -0.2) is 0 Å². The average molecular weight is 199 g/mol. The van der Waals surface area contributed by atoms with Crippen molar-refractivity contribution >= 4 is 0 Å². The standard InChI is InChI=1S/C10H21N3O/c1-12-4-6-13(7-5-12)8-10(14)9-2-3-11-9/h9-11,14H,2-8H2,1H3. The highest BCUT2D eigenvalue weighted by molar-refractivity contribution is 4.86. The SMILES string of the molecule is CN1CCN(CC(O)C2CCN2)CC1. The average Bonchev–Trinajstić information content (AvgIpc) is 2.06. The second kappa shape index (κ2) is 4.57. The van der Waals surface area contributed by atoms with Crippen LogP contribution < -0.4 is 5.32 Å². The van der Waals surface area contributed by atoms with E-state index in [-0.39, 0.29) is 6.10 Å². The van der Waals surface area contributed by atoms with Crippen molar-refractivity contribution in [3.05, 3.63) is 0 Å². The summed E-state index contributed by atoms with van der Waals surface area (Å²) in [5.74, 6) is 0. The maximum absolute atomic E-state index is 9.87. The number of rotatable bonds is 3. The second-order valence-electron chi connectivity index (χ2n) is 4.52. The van der Waals surface area contributed by atoms with Gasteiger partial charge in [0.05, 0.1) is 6.10 Å². The quantitative estimate of drug-likeness (QED) is 0.609. The van der Waals surface area contributed by atoms with Crippen molar-refractivity contribution in [2.75, 3.05) is 46.3 Å². The van der Waals surface area contributed by atoms with Crippen LogP contribution >= 0.6 is 0 Å². The summed E-state index contributed by atoms with van der Waals surface area (Å²) in [6.45, 7) is 6.37. The molecule has 0 amide bonds. The van der Waals surface area contributed by atoms with Crippen LogP contribution in [-0.4, -0.2) is 73.4 Å². The summed E-state index contributed by atoms with van der Waals surface area (Å²) in [4.78, 5) is 4.70. The number of hydrogen-bond donors (Lipinski definition) is 2. The zero-order valence-corrected chi connectivity index (χ0v) is 8.95. The minimum atomic E-state index is -0.174. The lowest BCUT2D eigenvalue weighted by molar-refractivity contribution is 0.0407. The van der Waals surface area contributed by atoms with Crippen molar-refractivity contribution in [3.63, 3.8) is 0 Å². The molecular weight excluding hydrogens is 178 g/mol. The van der Waals surface area contributed by atoms with Gasteiger partial charge in [-0.2, -0.15) is 0 Å². The molecule has 2 aliphatic rings. The van der Waals surface area contributed by atoms with E-state index >= 15 is 0 Å². The Labute approximate surface area is 85.9 Å². The Morgan fingerprint density at radius 2 is 2.00 bits per heavy atom. The fourth-order valence-corrected chi connectivity index (χ4v) is 2.06.